The lowest BCUT2D eigenvalue weighted by atomic mass is 10.1. The molecular formula is C18H23N3O4S. The van der Waals surface area contributed by atoms with Gasteiger partial charge >= 0.3 is 0 Å². The number of rotatable bonds is 9. The molecule has 0 aromatic heterocycles. The Morgan fingerprint density at radius 3 is 2.46 bits per heavy atom. The summed E-state index contributed by atoms with van der Waals surface area (Å²) in [6, 6.07) is 13.9. The maximum absolute atomic E-state index is 11.9. The summed E-state index contributed by atoms with van der Waals surface area (Å²) in [5, 5.41) is 10.9. The van der Waals surface area contributed by atoms with Crippen molar-refractivity contribution in [1.82, 2.24) is 10.6 Å². The number of primary sulfonamides is 1. The van der Waals surface area contributed by atoms with Gasteiger partial charge in [0.25, 0.3) is 0 Å². The van der Waals surface area contributed by atoms with E-state index in [0.29, 0.717) is 19.5 Å². The molecule has 0 aliphatic heterocycles. The first-order valence-corrected chi connectivity index (χ1v) is 9.66. The van der Waals surface area contributed by atoms with Crippen molar-refractivity contribution in [2.24, 2.45) is 5.14 Å². The van der Waals surface area contributed by atoms with Crippen LogP contribution in [-0.4, -0.2) is 34.5 Å². The zero-order valence-corrected chi connectivity index (χ0v) is 15.4. The number of ether oxygens (including phenoxy) is 1. The molecule has 2 aromatic carbocycles. The van der Waals surface area contributed by atoms with Crippen LogP contribution >= 0.6 is 0 Å². The van der Waals surface area contributed by atoms with Crippen molar-refractivity contribution < 1.29 is 17.9 Å². The number of sulfonamides is 1. The molecule has 0 fully saturated rings. The lowest BCUT2D eigenvalue weighted by Crippen LogP contribution is -2.34. The van der Waals surface area contributed by atoms with Gasteiger partial charge < -0.3 is 15.4 Å². The number of hydrogen-bond donors (Lipinski definition) is 3. The van der Waals surface area contributed by atoms with Crippen molar-refractivity contribution in [3.63, 3.8) is 0 Å². The molecule has 0 unspecified atom stereocenters. The van der Waals surface area contributed by atoms with E-state index in [1.807, 2.05) is 24.3 Å². The maximum atomic E-state index is 11.9. The van der Waals surface area contributed by atoms with Crippen LogP contribution in [0.2, 0.25) is 0 Å². The topological polar surface area (TPSA) is 111 Å². The number of carbonyl (C=O) groups is 1. The number of para-hydroxylation sites is 1. The van der Waals surface area contributed by atoms with Crippen LogP contribution in [0.25, 0.3) is 0 Å². The fourth-order valence-electron chi connectivity index (χ4n) is 2.39. The molecule has 0 saturated carbocycles. The average Bonchev–Trinajstić information content (AvgIpc) is 2.63. The van der Waals surface area contributed by atoms with Crippen LogP contribution in [-0.2, 0) is 27.8 Å². The minimum absolute atomic E-state index is 0.0879. The van der Waals surface area contributed by atoms with E-state index >= 15 is 0 Å². The minimum atomic E-state index is -3.67. The Morgan fingerprint density at radius 2 is 1.81 bits per heavy atom. The number of nitrogens with one attached hydrogen (secondary N) is 2. The van der Waals surface area contributed by atoms with Gasteiger partial charge in [-0.3, -0.25) is 4.79 Å². The molecule has 0 aliphatic rings. The van der Waals surface area contributed by atoms with Crippen molar-refractivity contribution in [2.75, 3.05) is 20.2 Å². The SMILES string of the molecule is COc1ccccc1CNC(=O)CNCCc1ccc(S(N)(=O)=O)cc1. The fraction of sp³-hybridized carbons (Fsp3) is 0.278. The van der Waals surface area contributed by atoms with Crippen molar-refractivity contribution in [2.45, 2.75) is 17.9 Å². The molecule has 0 radical (unpaired) electrons. The second-order valence-electron chi connectivity index (χ2n) is 5.70. The van der Waals surface area contributed by atoms with Gasteiger partial charge in [-0.2, -0.15) is 0 Å². The normalized spacial score (nSPS) is 11.2. The average molecular weight is 377 g/mol. The monoisotopic (exact) mass is 377 g/mol. The van der Waals surface area contributed by atoms with E-state index in [4.69, 9.17) is 9.88 Å². The van der Waals surface area contributed by atoms with Crippen LogP contribution in [0.4, 0.5) is 0 Å². The molecule has 2 rings (SSSR count). The predicted molar refractivity (Wildman–Crippen MR) is 99.2 cm³/mol. The summed E-state index contributed by atoms with van der Waals surface area (Å²) in [6.45, 7) is 1.20. The molecule has 26 heavy (non-hydrogen) atoms. The van der Waals surface area contributed by atoms with E-state index in [1.54, 1.807) is 19.2 Å². The maximum Gasteiger partial charge on any atom is 0.238 e. The van der Waals surface area contributed by atoms with E-state index in [9.17, 15) is 13.2 Å². The molecule has 0 atom stereocenters. The molecule has 7 nitrogen and oxygen atoms in total. The number of methoxy groups -OCH3 is 1. The highest BCUT2D eigenvalue weighted by Gasteiger charge is 2.07. The summed E-state index contributed by atoms with van der Waals surface area (Å²) in [5.41, 5.74) is 1.87. The van der Waals surface area contributed by atoms with E-state index in [0.717, 1.165) is 16.9 Å². The number of carbonyl (C=O) groups excluding carboxylic acids is 1. The highest BCUT2D eigenvalue weighted by molar-refractivity contribution is 7.89. The Kier molecular flexibility index (Phi) is 7.14. The molecule has 4 N–H and O–H groups in total. The fourth-order valence-corrected chi connectivity index (χ4v) is 2.90. The van der Waals surface area contributed by atoms with Gasteiger partial charge in [-0.1, -0.05) is 30.3 Å². The smallest absolute Gasteiger partial charge is 0.238 e. The standard InChI is InChI=1S/C18H23N3O4S/c1-25-17-5-3-2-4-15(17)12-21-18(22)13-20-11-10-14-6-8-16(9-7-14)26(19,23)24/h2-9,20H,10-13H2,1H3,(H,21,22)(H2,19,23,24). The van der Waals surface area contributed by atoms with Gasteiger partial charge in [-0.25, -0.2) is 13.6 Å². The van der Waals surface area contributed by atoms with E-state index in [-0.39, 0.29) is 17.3 Å². The Bertz CT molecular complexity index is 836. The number of amides is 1. The zero-order valence-electron chi connectivity index (χ0n) is 14.6. The van der Waals surface area contributed by atoms with Crippen molar-refractivity contribution in [3.05, 3.63) is 59.7 Å². The van der Waals surface area contributed by atoms with Gasteiger partial charge in [-0.05, 0) is 36.7 Å². The van der Waals surface area contributed by atoms with E-state index in [1.165, 1.54) is 12.1 Å². The third-order valence-corrected chi connectivity index (χ3v) is 4.73. The molecular weight excluding hydrogens is 354 g/mol. The van der Waals surface area contributed by atoms with Crippen LogP contribution in [0.5, 0.6) is 5.75 Å². The number of nitrogens with two attached hydrogens (primary N) is 1. The third-order valence-electron chi connectivity index (χ3n) is 3.80. The summed E-state index contributed by atoms with van der Waals surface area (Å²) in [7, 11) is -2.07. The number of benzene rings is 2. The first-order chi connectivity index (χ1) is 12.4. The quantitative estimate of drug-likeness (QED) is 0.560. The van der Waals surface area contributed by atoms with Gasteiger partial charge in [-0.15, -0.1) is 0 Å². The molecule has 0 saturated heterocycles. The van der Waals surface area contributed by atoms with Crippen LogP contribution in [0.15, 0.2) is 53.4 Å². The van der Waals surface area contributed by atoms with Crippen molar-refractivity contribution in [3.8, 4) is 5.75 Å². The van der Waals surface area contributed by atoms with Gasteiger partial charge in [0, 0.05) is 12.1 Å². The summed E-state index contributed by atoms with van der Waals surface area (Å²) >= 11 is 0. The summed E-state index contributed by atoms with van der Waals surface area (Å²) in [6.07, 6.45) is 0.671. The molecule has 1 amide bonds. The second kappa shape index (κ2) is 9.33. The molecule has 8 heteroatoms. The van der Waals surface area contributed by atoms with E-state index in [2.05, 4.69) is 10.6 Å². The Morgan fingerprint density at radius 1 is 1.12 bits per heavy atom. The summed E-state index contributed by atoms with van der Waals surface area (Å²) in [5.74, 6) is 0.629. The van der Waals surface area contributed by atoms with Gasteiger partial charge in [0.15, 0.2) is 0 Å². The summed E-state index contributed by atoms with van der Waals surface area (Å²) < 4.78 is 27.6. The molecule has 0 heterocycles. The minimum Gasteiger partial charge on any atom is -0.496 e. The Labute approximate surface area is 153 Å². The predicted octanol–water partition coefficient (Wildman–Crippen LogP) is 0.791. The third kappa shape index (κ3) is 6.14. The molecule has 0 spiro atoms. The largest absolute Gasteiger partial charge is 0.496 e. The van der Waals surface area contributed by atoms with Crippen LogP contribution in [0.1, 0.15) is 11.1 Å². The second-order valence-corrected chi connectivity index (χ2v) is 7.27. The zero-order chi connectivity index (χ0) is 19.0. The highest BCUT2D eigenvalue weighted by atomic mass is 32.2. The van der Waals surface area contributed by atoms with Gasteiger partial charge in [0.2, 0.25) is 15.9 Å². The van der Waals surface area contributed by atoms with Crippen LogP contribution in [0.3, 0.4) is 0 Å². The summed E-state index contributed by atoms with van der Waals surface area (Å²) in [4.78, 5) is 12.0. The van der Waals surface area contributed by atoms with E-state index < -0.39 is 10.0 Å². The number of hydrogen-bond acceptors (Lipinski definition) is 5. The van der Waals surface area contributed by atoms with Crippen LogP contribution in [0, 0.1) is 0 Å². The first kappa shape index (κ1) is 19.9. The Balaban J connectivity index is 1.70. The molecule has 2 aromatic rings. The molecule has 0 bridgehead atoms. The first-order valence-electron chi connectivity index (χ1n) is 8.11. The highest BCUT2D eigenvalue weighted by Crippen LogP contribution is 2.16. The Hall–Kier alpha value is -2.42. The van der Waals surface area contributed by atoms with Crippen molar-refractivity contribution >= 4 is 15.9 Å². The molecule has 140 valence electrons. The lowest BCUT2D eigenvalue weighted by Gasteiger charge is -2.10. The molecule has 0 aliphatic carbocycles. The van der Waals surface area contributed by atoms with Crippen molar-refractivity contribution in [1.29, 1.82) is 0 Å². The lowest BCUT2D eigenvalue weighted by molar-refractivity contribution is -0.120. The van der Waals surface area contributed by atoms with Gasteiger partial charge in [0.05, 0.1) is 18.6 Å². The van der Waals surface area contributed by atoms with Gasteiger partial charge in [0.1, 0.15) is 5.75 Å². The van der Waals surface area contributed by atoms with Crippen LogP contribution < -0.4 is 20.5 Å².